The molecule has 0 saturated carbocycles. The molecule has 0 saturated heterocycles. The Bertz CT molecular complexity index is 385. The van der Waals surface area contributed by atoms with E-state index < -0.39 is 4.92 Å². The van der Waals surface area contributed by atoms with E-state index in [4.69, 9.17) is 16.3 Å². The Morgan fingerprint density at radius 3 is 2.88 bits per heavy atom. The molecule has 1 rings (SSSR count). The van der Waals surface area contributed by atoms with Gasteiger partial charge in [0.2, 0.25) is 0 Å². The van der Waals surface area contributed by atoms with Gasteiger partial charge in [-0.15, -0.1) is 0 Å². The highest BCUT2D eigenvalue weighted by molar-refractivity contribution is 6.30. The average molecular weight is 259 g/mol. The van der Waals surface area contributed by atoms with Crippen LogP contribution >= 0.6 is 11.6 Å². The number of ether oxygens (including phenoxy) is 1. The van der Waals surface area contributed by atoms with Crippen molar-refractivity contribution in [2.75, 3.05) is 26.8 Å². The van der Waals surface area contributed by atoms with E-state index in [1.807, 2.05) is 0 Å². The van der Waals surface area contributed by atoms with E-state index in [9.17, 15) is 10.1 Å². The van der Waals surface area contributed by atoms with Gasteiger partial charge in [-0.3, -0.25) is 10.1 Å². The van der Waals surface area contributed by atoms with Crippen molar-refractivity contribution in [3.8, 4) is 0 Å². The highest BCUT2D eigenvalue weighted by Gasteiger charge is 2.13. The minimum Gasteiger partial charge on any atom is -0.383 e. The third-order valence-corrected chi connectivity index (χ3v) is 2.53. The summed E-state index contributed by atoms with van der Waals surface area (Å²) in [4.78, 5) is 10.4. The molecule has 0 bridgehead atoms. The Labute approximate surface area is 105 Å². The number of methoxy groups -OCH3 is 1. The van der Waals surface area contributed by atoms with Crippen LogP contribution in [0, 0.1) is 10.1 Å². The van der Waals surface area contributed by atoms with E-state index in [0.29, 0.717) is 30.2 Å². The minimum atomic E-state index is -0.406. The summed E-state index contributed by atoms with van der Waals surface area (Å²) in [6.07, 6.45) is 0.594. The maximum Gasteiger partial charge on any atom is 0.274 e. The molecule has 1 aromatic carbocycles. The van der Waals surface area contributed by atoms with Crippen molar-refractivity contribution in [1.29, 1.82) is 0 Å². The maximum absolute atomic E-state index is 10.8. The summed E-state index contributed by atoms with van der Waals surface area (Å²) in [6, 6.07) is 4.74. The summed E-state index contributed by atoms with van der Waals surface area (Å²) in [5, 5.41) is 14.3. The summed E-state index contributed by atoms with van der Waals surface area (Å²) in [5.74, 6) is 0. The van der Waals surface area contributed by atoms with Gasteiger partial charge in [0.1, 0.15) is 0 Å². The Balaban J connectivity index is 2.55. The molecular formula is C11H15ClN2O3. The molecule has 0 amide bonds. The van der Waals surface area contributed by atoms with Crippen LogP contribution in [0.2, 0.25) is 5.02 Å². The van der Waals surface area contributed by atoms with Crippen molar-refractivity contribution in [2.24, 2.45) is 0 Å². The predicted octanol–water partition coefficient (Wildman–Crippen LogP) is 2.03. The van der Waals surface area contributed by atoms with Gasteiger partial charge in [0.25, 0.3) is 5.69 Å². The number of hydrogen-bond donors (Lipinski definition) is 1. The summed E-state index contributed by atoms with van der Waals surface area (Å²) >= 11 is 5.73. The highest BCUT2D eigenvalue weighted by atomic mass is 35.5. The summed E-state index contributed by atoms with van der Waals surface area (Å²) < 4.78 is 4.88. The fourth-order valence-electron chi connectivity index (χ4n) is 1.44. The molecule has 0 radical (unpaired) electrons. The van der Waals surface area contributed by atoms with Crippen molar-refractivity contribution in [1.82, 2.24) is 5.32 Å². The van der Waals surface area contributed by atoms with Crippen molar-refractivity contribution < 1.29 is 9.66 Å². The summed E-state index contributed by atoms with van der Waals surface area (Å²) in [5.41, 5.74) is 0.760. The lowest BCUT2D eigenvalue weighted by atomic mass is 10.1. The standard InChI is InChI=1S/C11H15ClN2O3/c1-17-7-6-13-5-4-9-2-3-10(12)8-11(9)14(15)16/h2-3,8,13H,4-7H2,1H3. The number of nitrogens with zero attached hydrogens (tertiary/aromatic N) is 1. The number of nitrogens with one attached hydrogen (secondary N) is 1. The van der Waals surface area contributed by atoms with Crippen molar-refractivity contribution in [2.45, 2.75) is 6.42 Å². The lowest BCUT2D eigenvalue weighted by molar-refractivity contribution is -0.385. The SMILES string of the molecule is COCCNCCc1ccc(Cl)cc1[N+](=O)[O-]. The number of benzene rings is 1. The molecule has 0 atom stereocenters. The molecule has 6 heteroatoms. The molecule has 0 spiro atoms. The second-order valence-electron chi connectivity index (χ2n) is 3.52. The first-order valence-corrected chi connectivity index (χ1v) is 5.65. The molecule has 0 aliphatic heterocycles. The topological polar surface area (TPSA) is 64.4 Å². The van der Waals surface area contributed by atoms with Crippen LogP contribution in [0.4, 0.5) is 5.69 Å². The number of halogens is 1. The highest BCUT2D eigenvalue weighted by Crippen LogP contribution is 2.23. The smallest absolute Gasteiger partial charge is 0.274 e. The van der Waals surface area contributed by atoms with Crippen LogP contribution in [0.25, 0.3) is 0 Å². The second-order valence-corrected chi connectivity index (χ2v) is 3.96. The van der Waals surface area contributed by atoms with E-state index in [2.05, 4.69) is 5.32 Å². The average Bonchev–Trinajstić information content (AvgIpc) is 2.30. The fourth-order valence-corrected chi connectivity index (χ4v) is 1.61. The number of rotatable bonds is 7. The van der Waals surface area contributed by atoms with Gasteiger partial charge in [0.05, 0.1) is 11.5 Å². The third-order valence-electron chi connectivity index (χ3n) is 2.30. The van der Waals surface area contributed by atoms with Crippen molar-refractivity contribution >= 4 is 17.3 Å². The molecule has 0 unspecified atom stereocenters. The van der Waals surface area contributed by atoms with Crippen LogP contribution in [0.1, 0.15) is 5.56 Å². The van der Waals surface area contributed by atoms with Gasteiger partial charge in [-0.05, 0) is 19.0 Å². The van der Waals surface area contributed by atoms with E-state index in [-0.39, 0.29) is 5.69 Å². The molecule has 0 fully saturated rings. The zero-order valence-electron chi connectivity index (χ0n) is 9.61. The van der Waals surface area contributed by atoms with Crippen LogP contribution in [0.5, 0.6) is 0 Å². The lowest BCUT2D eigenvalue weighted by Gasteiger charge is -2.05. The summed E-state index contributed by atoms with van der Waals surface area (Å²) in [6.45, 7) is 2.03. The monoisotopic (exact) mass is 258 g/mol. The first-order valence-electron chi connectivity index (χ1n) is 5.27. The van der Waals surface area contributed by atoms with Gasteiger partial charge in [0.15, 0.2) is 0 Å². The summed E-state index contributed by atoms with van der Waals surface area (Å²) in [7, 11) is 1.63. The lowest BCUT2D eigenvalue weighted by Crippen LogP contribution is -2.21. The van der Waals surface area contributed by atoms with Crippen LogP contribution in [0.3, 0.4) is 0 Å². The largest absolute Gasteiger partial charge is 0.383 e. The number of hydrogen-bond acceptors (Lipinski definition) is 4. The van der Waals surface area contributed by atoms with Gasteiger partial charge in [-0.1, -0.05) is 17.7 Å². The predicted molar refractivity (Wildman–Crippen MR) is 66.6 cm³/mol. The van der Waals surface area contributed by atoms with Gasteiger partial charge in [-0.25, -0.2) is 0 Å². The molecular weight excluding hydrogens is 244 g/mol. The van der Waals surface area contributed by atoms with Gasteiger partial charge in [-0.2, -0.15) is 0 Å². The van der Waals surface area contributed by atoms with Crippen LogP contribution in [0.15, 0.2) is 18.2 Å². The Hall–Kier alpha value is -1.17. The van der Waals surface area contributed by atoms with Crippen LogP contribution in [-0.2, 0) is 11.2 Å². The molecule has 0 heterocycles. The molecule has 1 aromatic rings. The molecule has 0 aliphatic rings. The van der Waals surface area contributed by atoms with E-state index >= 15 is 0 Å². The Morgan fingerprint density at radius 1 is 1.47 bits per heavy atom. The van der Waals surface area contributed by atoms with Gasteiger partial charge >= 0.3 is 0 Å². The zero-order chi connectivity index (χ0) is 12.7. The van der Waals surface area contributed by atoms with Crippen LogP contribution in [-0.4, -0.2) is 31.7 Å². The zero-order valence-corrected chi connectivity index (χ0v) is 10.4. The molecule has 94 valence electrons. The molecule has 1 N–H and O–H groups in total. The van der Waals surface area contributed by atoms with Gasteiger partial charge < -0.3 is 10.1 Å². The Kier molecular flexibility index (Phi) is 5.90. The Morgan fingerprint density at radius 2 is 2.24 bits per heavy atom. The fraction of sp³-hybridized carbons (Fsp3) is 0.455. The first kappa shape index (κ1) is 13.9. The molecule has 0 aromatic heterocycles. The second kappa shape index (κ2) is 7.21. The van der Waals surface area contributed by atoms with E-state index in [1.54, 1.807) is 19.2 Å². The molecule has 0 aliphatic carbocycles. The number of nitro groups is 1. The first-order chi connectivity index (χ1) is 8.15. The number of nitro benzene ring substituents is 1. The maximum atomic E-state index is 10.8. The van der Waals surface area contributed by atoms with Crippen molar-refractivity contribution in [3.05, 3.63) is 38.9 Å². The quantitative estimate of drug-likeness (QED) is 0.462. The minimum absolute atomic E-state index is 0.0750. The van der Waals surface area contributed by atoms with Crippen molar-refractivity contribution in [3.63, 3.8) is 0 Å². The molecule has 17 heavy (non-hydrogen) atoms. The molecule has 5 nitrogen and oxygen atoms in total. The third kappa shape index (κ3) is 4.68. The van der Waals surface area contributed by atoms with Crippen LogP contribution < -0.4 is 5.32 Å². The normalized spacial score (nSPS) is 10.5. The van der Waals surface area contributed by atoms with Gasteiger partial charge in [0, 0.05) is 30.3 Å². The van der Waals surface area contributed by atoms with E-state index in [1.165, 1.54) is 6.07 Å². The van der Waals surface area contributed by atoms with E-state index in [0.717, 1.165) is 6.54 Å².